The number of hydrogen-bond acceptors (Lipinski definition) is 8. The van der Waals surface area contributed by atoms with Gasteiger partial charge in [-0.25, -0.2) is 9.59 Å². The fraction of sp³-hybridized carbons (Fsp3) is 0.455. The molecule has 9 nitrogen and oxygen atoms in total. The number of ether oxygens (including phenoxy) is 2. The standard InChI is InChI=1S/C22H27N3O6S/c1-12(2)10-30-22(29)31-21(28)18-13(3)11-32-20-17(19(27)25(18)20)24-16(26)9-15(23)14-7-5-4-6-8-14/h4-8,12,15,17,20H,9-11,23H2,1-3H3,(H,24,26)/t15?,17-,20-/m1/s1. The van der Waals surface area contributed by atoms with Gasteiger partial charge in [0.05, 0.1) is 6.61 Å². The lowest BCUT2D eigenvalue weighted by Crippen LogP contribution is -2.70. The third kappa shape index (κ3) is 5.31. The van der Waals surface area contributed by atoms with Gasteiger partial charge in [-0.1, -0.05) is 44.2 Å². The first-order chi connectivity index (χ1) is 15.2. The zero-order chi connectivity index (χ0) is 23.4. The normalized spacial score (nSPS) is 20.9. The summed E-state index contributed by atoms with van der Waals surface area (Å²) in [5, 5.41) is 2.26. The number of carbonyl (C=O) groups excluding carboxylic acids is 4. The third-order valence-corrected chi connectivity index (χ3v) is 6.44. The van der Waals surface area contributed by atoms with Crippen LogP contribution in [0.25, 0.3) is 0 Å². The quantitative estimate of drug-likeness (QED) is 0.359. The Kier molecular flexibility index (Phi) is 7.57. The van der Waals surface area contributed by atoms with Crippen LogP contribution in [-0.4, -0.2) is 52.6 Å². The number of rotatable bonds is 7. The second-order valence-electron chi connectivity index (χ2n) is 8.15. The molecule has 2 amide bonds. The lowest BCUT2D eigenvalue weighted by atomic mass is 10.0. The summed E-state index contributed by atoms with van der Waals surface area (Å²) in [4.78, 5) is 50.8. The van der Waals surface area contributed by atoms with Crippen LogP contribution in [0.5, 0.6) is 0 Å². The Morgan fingerprint density at radius 1 is 1.25 bits per heavy atom. The highest BCUT2D eigenvalue weighted by atomic mass is 32.2. The van der Waals surface area contributed by atoms with Gasteiger partial charge < -0.3 is 20.5 Å². The molecule has 32 heavy (non-hydrogen) atoms. The molecule has 3 N–H and O–H groups in total. The van der Waals surface area contributed by atoms with Gasteiger partial charge in [-0.05, 0) is 24.0 Å². The van der Waals surface area contributed by atoms with Crippen LogP contribution >= 0.6 is 11.8 Å². The molecule has 10 heteroatoms. The fourth-order valence-electron chi connectivity index (χ4n) is 3.40. The van der Waals surface area contributed by atoms with Crippen molar-refractivity contribution >= 4 is 35.7 Å². The summed E-state index contributed by atoms with van der Waals surface area (Å²) in [6, 6.07) is 7.94. The van der Waals surface area contributed by atoms with E-state index < -0.39 is 35.5 Å². The van der Waals surface area contributed by atoms with Crippen molar-refractivity contribution in [3.63, 3.8) is 0 Å². The number of fused-ring (bicyclic) bond motifs is 1. The maximum absolute atomic E-state index is 12.8. The number of hydrogen-bond donors (Lipinski definition) is 2. The maximum Gasteiger partial charge on any atom is 0.516 e. The number of esters is 1. The van der Waals surface area contributed by atoms with Crippen molar-refractivity contribution in [2.75, 3.05) is 12.4 Å². The van der Waals surface area contributed by atoms with E-state index in [0.29, 0.717) is 11.3 Å². The van der Waals surface area contributed by atoms with Crippen molar-refractivity contribution in [1.29, 1.82) is 0 Å². The van der Waals surface area contributed by atoms with Gasteiger partial charge >= 0.3 is 12.1 Å². The molecule has 2 aliphatic heterocycles. The second kappa shape index (κ2) is 10.2. The van der Waals surface area contributed by atoms with Crippen molar-refractivity contribution in [3.8, 4) is 0 Å². The molecule has 3 rings (SSSR count). The molecule has 1 aromatic carbocycles. The van der Waals surface area contributed by atoms with Gasteiger partial charge in [-0.15, -0.1) is 11.8 Å². The fourth-order valence-corrected chi connectivity index (χ4v) is 4.69. The highest BCUT2D eigenvalue weighted by Gasteiger charge is 2.54. The van der Waals surface area contributed by atoms with E-state index in [2.05, 4.69) is 5.32 Å². The van der Waals surface area contributed by atoms with E-state index in [-0.39, 0.29) is 30.5 Å². The zero-order valence-corrected chi connectivity index (χ0v) is 19.0. The summed E-state index contributed by atoms with van der Waals surface area (Å²) in [6.07, 6.45) is -1.08. The summed E-state index contributed by atoms with van der Waals surface area (Å²) in [6.45, 7) is 5.51. The van der Waals surface area contributed by atoms with Crippen LogP contribution in [0, 0.1) is 5.92 Å². The summed E-state index contributed by atoms with van der Waals surface area (Å²) in [5.74, 6) is -1.19. The van der Waals surface area contributed by atoms with Crippen molar-refractivity contribution < 1.29 is 28.7 Å². The van der Waals surface area contributed by atoms with E-state index >= 15 is 0 Å². The number of thioether (sulfide) groups is 1. The van der Waals surface area contributed by atoms with Crippen LogP contribution < -0.4 is 11.1 Å². The Morgan fingerprint density at radius 3 is 2.59 bits per heavy atom. The van der Waals surface area contributed by atoms with Crippen molar-refractivity contribution in [2.45, 2.75) is 44.6 Å². The van der Waals surface area contributed by atoms with Crippen LogP contribution in [0.2, 0.25) is 0 Å². The number of β-lactam (4-membered cyclic amide) rings is 1. The second-order valence-corrected chi connectivity index (χ2v) is 9.25. The van der Waals surface area contributed by atoms with Gasteiger partial charge in [0.2, 0.25) is 5.91 Å². The highest BCUT2D eigenvalue weighted by Crippen LogP contribution is 2.40. The average Bonchev–Trinajstić information content (AvgIpc) is 2.76. The van der Waals surface area contributed by atoms with Crippen molar-refractivity contribution in [3.05, 3.63) is 47.2 Å². The molecule has 3 atom stereocenters. The molecule has 2 heterocycles. The van der Waals surface area contributed by atoms with Gasteiger partial charge in [0.25, 0.3) is 5.91 Å². The van der Waals surface area contributed by atoms with Gasteiger partial charge in [0.1, 0.15) is 17.1 Å². The minimum Gasteiger partial charge on any atom is -0.434 e. The number of carbonyl (C=O) groups is 4. The van der Waals surface area contributed by atoms with Crippen LogP contribution in [-0.2, 0) is 23.9 Å². The molecule has 0 radical (unpaired) electrons. The van der Waals surface area contributed by atoms with E-state index in [4.69, 9.17) is 15.2 Å². The van der Waals surface area contributed by atoms with Crippen molar-refractivity contribution in [1.82, 2.24) is 10.2 Å². The Bertz CT molecular complexity index is 933. The number of amides is 2. The average molecular weight is 462 g/mol. The first-order valence-electron chi connectivity index (χ1n) is 10.3. The molecule has 172 valence electrons. The van der Waals surface area contributed by atoms with Gasteiger partial charge in [0.15, 0.2) is 0 Å². The number of nitrogens with zero attached hydrogens (tertiary/aromatic N) is 1. The number of benzene rings is 1. The van der Waals surface area contributed by atoms with Gasteiger partial charge in [0, 0.05) is 18.2 Å². The predicted molar refractivity (Wildman–Crippen MR) is 118 cm³/mol. The highest BCUT2D eigenvalue weighted by molar-refractivity contribution is 8.00. The van der Waals surface area contributed by atoms with E-state index in [9.17, 15) is 19.2 Å². The van der Waals surface area contributed by atoms with E-state index in [0.717, 1.165) is 5.56 Å². The zero-order valence-electron chi connectivity index (χ0n) is 18.2. The largest absolute Gasteiger partial charge is 0.516 e. The Morgan fingerprint density at radius 2 is 1.94 bits per heavy atom. The molecule has 1 aromatic rings. The van der Waals surface area contributed by atoms with E-state index in [1.165, 1.54) is 16.7 Å². The molecule has 0 saturated carbocycles. The van der Waals surface area contributed by atoms with Crippen molar-refractivity contribution in [2.24, 2.45) is 11.7 Å². The molecule has 0 aromatic heterocycles. The lowest BCUT2D eigenvalue weighted by molar-refractivity contribution is -0.151. The first-order valence-corrected chi connectivity index (χ1v) is 11.4. The lowest BCUT2D eigenvalue weighted by Gasteiger charge is -2.49. The third-order valence-electron chi connectivity index (χ3n) is 5.01. The van der Waals surface area contributed by atoms with Gasteiger partial charge in [-0.3, -0.25) is 14.5 Å². The smallest absolute Gasteiger partial charge is 0.434 e. The maximum atomic E-state index is 12.8. The summed E-state index contributed by atoms with van der Waals surface area (Å²) < 4.78 is 9.64. The summed E-state index contributed by atoms with van der Waals surface area (Å²) in [5.41, 5.74) is 7.55. The molecule has 1 saturated heterocycles. The SMILES string of the molecule is CC1=C(C(=O)OC(=O)OCC(C)C)N2C(=O)[C@@H](NC(=O)CC(N)c3ccccc3)[C@H]2SC1. The molecule has 2 aliphatic rings. The summed E-state index contributed by atoms with van der Waals surface area (Å²) in [7, 11) is 0. The molecular weight excluding hydrogens is 434 g/mol. The molecule has 0 bridgehead atoms. The van der Waals surface area contributed by atoms with Crippen LogP contribution in [0.1, 0.15) is 38.8 Å². The Hall–Kier alpha value is -2.85. The summed E-state index contributed by atoms with van der Waals surface area (Å²) >= 11 is 1.42. The monoisotopic (exact) mass is 461 g/mol. The molecule has 1 fully saturated rings. The van der Waals surface area contributed by atoms with Gasteiger partial charge in [-0.2, -0.15) is 0 Å². The predicted octanol–water partition coefficient (Wildman–Crippen LogP) is 2.09. The van der Waals surface area contributed by atoms with Crippen LogP contribution in [0.3, 0.4) is 0 Å². The molecule has 0 aliphatic carbocycles. The topological polar surface area (TPSA) is 128 Å². The Balaban J connectivity index is 1.59. The minimum atomic E-state index is -1.11. The number of nitrogens with two attached hydrogens (primary N) is 1. The van der Waals surface area contributed by atoms with Crippen LogP contribution in [0.4, 0.5) is 4.79 Å². The first kappa shape index (κ1) is 23.8. The molecule has 0 spiro atoms. The van der Waals surface area contributed by atoms with E-state index in [1.807, 2.05) is 44.2 Å². The molecule has 1 unspecified atom stereocenters. The van der Waals surface area contributed by atoms with E-state index in [1.54, 1.807) is 6.92 Å². The Labute approximate surface area is 190 Å². The number of nitrogens with one attached hydrogen (secondary N) is 1. The van der Waals surface area contributed by atoms with Crippen LogP contribution in [0.15, 0.2) is 41.6 Å². The minimum absolute atomic E-state index is 0.0201. The molecular formula is C22H27N3O6S.